The molecule has 18 nitrogen and oxygen atoms in total. The number of carbonyl (C=O) groups is 2. The Morgan fingerprint density at radius 3 is 1.17 bits per heavy atom. The third-order valence-electron chi connectivity index (χ3n) is 13.2. The normalized spacial score (nSPS) is 16.1. The molecule has 2 aromatic heterocycles. The van der Waals surface area contributed by atoms with E-state index >= 15 is 0 Å². The molecule has 0 atom stereocenters. The summed E-state index contributed by atoms with van der Waals surface area (Å²) in [6.07, 6.45) is 14.0. The summed E-state index contributed by atoms with van der Waals surface area (Å²) in [5.74, 6) is 3.38. The Labute approximate surface area is 432 Å². The number of amides is 2. The fourth-order valence-electron chi connectivity index (χ4n) is 9.71. The van der Waals surface area contributed by atoms with Crippen LogP contribution in [-0.2, 0) is 22.7 Å². The molecule has 4 heterocycles. The van der Waals surface area contributed by atoms with E-state index < -0.39 is 11.1 Å². The summed E-state index contributed by atoms with van der Waals surface area (Å²) in [5, 5.41) is 30.5. The van der Waals surface area contributed by atoms with Gasteiger partial charge in [-0.2, -0.15) is 10.4 Å². The van der Waals surface area contributed by atoms with Gasteiger partial charge in [-0.15, -0.1) is 0 Å². The second kappa shape index (κ2) is 25.3. The minimum Gasteiger partial charge on any atom is -0.412 e. The van der Waals surface area contributed by atoms with Crippen LogP contribution in [0.5, 0.6) is 0 Å². The Morgan fingerprint density at radius 1 is 0.507 bits per heavy atom. The van der Waals surface area contributed by atoms with Crippen LogP contribution in [0.15, 0.2) is 107 Å². The number of rotatable bonds is 14. The molecule has 0 saturated heterocycles. The number of amidine groups is 2. The minimum atomic E-state index is -0.483. The van der Waals surface area contributed by atoms with E-state index in [1.54, 1.807) is 0 Å². The zero-order chi connectivity index (χ0) is 43.9. The number of nitrogens with zero attached hydrogens (tertiary/aromatic N) is 12. The maximum Gasteiger partial charge on any atom is 2.00 e. The smallest absolute Gasteiger partial charge is 0.412 e. The molecule has 2 aliphatic heterocycles. The van der Waals surface area contributed by atoms with Gasteiger partial charge in [0, 0.05) is 24.5 Å². The van der Waals surface area contributed by atoms with Crippen LogP contribution in [0.4, 0.5) is 0 Å². The Bertz CT molecular complexity index is 2430. The Hall–Kier alpha value is -5.60. The number of benzene rings is 4. The molecule has 2 spiro atoms. The first-order valence-corrected chi connectivity index (χ1v) is 23.0. The van der Waals surface area contributed by atoms with Crippen molar-refractivity contribution in [2.75, 3.05) is 0 Å². The molecule has 0 unspecified atom stereocenters. The van der Waals surface area contributed by atoms with Gasteiger partial charge in [0.25, 0.3) is 11.8 Å². The monoisotopic (exact) mass is 966 g/mol. The summed E-state index contributed by atoms with van der Waals surface area (Å²) in [5.41, 5.74) is 7.23. The van der Waals surface area contributed by atoms with Crippen LogP contribution in [0, 0.1) is 0 Å². The van der Waals surface area contributed by atoms with E-state index in [4.69, 9.17) is 9.98 Å². The molecule has 4 aromatic carbocycles. The van der Waals surface area contributed by atoms with Crippen LogP contribution in [-0.4, -0.2) is 135 Å². The summed E-state index contributed by atoms with van der Waals surface area (Å²) >= 11 is 0. The SMILES string of the molecule is CCCCC1=NC2(CCCC2)C(=O)N1Cc1ccc(-c2ccccc2-c2nnn[n-]2)cc1.CCCCC1=NC2(CCCC2)C(=O)N1Cc1ccc(-c2ccccc2-c2nnn[n-]2)cc1.O.O.O.O.[Ca+2]. The summed E-state index contributed by atoms with van der Waals surface area (Å²) < 4.78 is 0. The van der Waals surface area contributed by atoms with Crippen molar-refractivity contribution < 1.29 is 31.5 Å². The van der Waals surface area contributed by atoms with Gasteiger partial charge in [-0.05, 0) is 83.0 Å². The number of hydrogen-bond acceptors (Lipinski definition) is 10. The van der Waals surface area contributed by atoms with Crippen LogP contribution in [0.2, 0.25) is 0 Å². The van der Waals surface area contributed by atoms with Gasteiger partial charge >= 0.3 is 37.7 Å². The standard InChI is InChI=1S/2C25H27N6O.Ca.4H2O/c2*1-2-3-10-22-26-25(15-6-7-16-25)24(32)31(22)17-18-11-13-19(14-12-18)20-8-4-5-9-21(20)23-27-29-30-28-23;;;;;/h2*4-5,8-9,11-14H,2-3,6-7,10,15-17H2,1H3;;4*1H2/q2*-1;+2;;;;. The summed E-state index contributed by atoms with van der Waals surface area (Å²) in [7, 11) is 0. The number of hydrogen-bond donors (Lipinski definition) is 0. The maximum atomic E-state index is 13.4. The fraction of sp³-hybridized carbons (Fsp3) is 0.400. The molecular weight excluding hydrogens is 905 g/mol. The second-order valence-corrected chi connectivity index (χ2v) is 17.4. The zero-order valence-corrected chi connectivity index (χ0v) is 41.6. The van der Waals surface area contributed by atoms with Gasteiger partial charge in [0.15, 0.2) is 0 Å². The van der Waals surface area contributed by atoms with Gasteiger partial charge in [0.05, 0.1) is 13.1 Å². The molecule has 2 aliphatic carbocycles. The van der Waals surface area contributed by atoms with Crippen molar-refractivity contribution in [1.29, 1.82) is 0 Å². The first-order chi connectivity index (χ1) is 31.4. The number of aromatic nitrogens is 8. The topological polar surface area (TPSA) is 297 Å². The molecule has 69 heavy (non-hydrogen) atoms. The zero-order valence-electron chi connectivity index (χ0n) is 39.4. The largest absolute Gasteiger partial charge is 2.00 e. The molecule has 4 aliphatic rings. The van der Waals surface area contributed by atoms with Crippen molar-refractivity contribution in [3.05, 3.63) is 108 Å². The van der Waals surface area contributed by atoms with Gasteiger partial charge < -0.3 is 32.1 Å². The Balaban J connectivity index is 0.000000280. The van der Waals surface area contributed by atoms with E-state index in [9.17, 15) is 9.59 Å². The number of tetrazole rings is 2. The van der Waals surface area contributed by atoms with Crippen LogP contribution in [0.1, 0.15) is 115 Å². The van der Waals surface area contributed by atoms with E-state index in [1.807, 2.05) is 58.3 Å². The molecule has 2 saturated carbocycles. The Kier molecular flexibility index (Phi) is 20.5. The van der Waals surface area contributed by atoms with Crippen molar-refractivity contribution in [1.82, 2.24) is 51.0 Å². The average molecular weight is 967 g/mol. The summed E-state index contributed by atoms with van der Waals surface area (Å²) in [6.45, 7) is 5.50. The third-order valence-corrected chi connectivity index (χ3v) is 13.2. The number of unbranched alkanes of at least 4 members (excludes halogenated alkanes) is 2. The van der Waals surface area contributed by atoms with Crippen molar-refractivity contribution in [3.63, 3.8) is 0 Å². The molecule has 2 amide bonds. The first-order valence-electron chi connectivity index (χ1n) is 23.0. The maximum absolute atomic E-state index is 13.4. The van der Waals surface area contributed by atoms with Gasteiger partial charge in [-0.1, -0.05) is 149 Å². The van der Waals surface area contributed by atoms with Crippen molar-refractivity contribution in [2.24, 2.45) is 9.98 Å². The predicted octanol–water partition coefficient (Wildman–Crippen LogP) is 5.13. The van der Waals surface area contributed by atoms with E-state index in [0.717, 1.165) is 146 Å². The summed E-state index contributed by atoms with van der Waals surface area (Å²) in [4.78, 5) is 40.6. The third kappa shape index (κ3) is 11.9. The molecule has 0 radical (unpaired) electrons. The van der Waals surface area contributed by atoms with Crippen molar-refractivity contribution in [3.8, 4) is 45.0 Å². The average Bonchev–Trinajstić information content (AvgIpc) is 4.22. The van der Waals surface area contributed by atoms with Crippen LogP contribution < -0.4 is 10.2 Å². The minimum absolute atomic E-state index is 0. The van der Waals surface area contributed by atoms with Gasteiger partial charge in [0.2, 0.25) is 0 Å². The fourth-order valence-corrected chi connectivity index (χ4v) is 9.71. The molecular formula is C50H62CaN12O6. The molecule has 19 heteroatoms. The second-order valence-electron chi connectivity index (χ2n) is 17.4. The quantitative estimate of drug-likeness (QED) is 0.130. The Morgan fingerprint density at radius 2 is 0.855 bits per heavy atom. The van der Waals surface area contributed by atoms with Gasteiger partial charge in [-0.25, -0.2) is 0 Å². The molecule has 360 valence electrons. The van der Waals surface area contributed by atoms with Crippen molar-refractivity contribution in [2.45, 2.75) is 128 Å². The van der Waals surface area contributed by atoms with Crippen LogP contribution in [0.3, 0.4) is 0 Å². The molecule has 0 bridgehead atoms. The number of aliphatic imine (C=N–C) groups is 2. The van der Waals surface area contributed by atoms with Crippen LogP contribution in [0.25, 0.3) is 45.0 Å². The summed E-state index contributed by atoms with van der Waals surface area (Å²) in [6, 6.07) is 32.7. The first kappa shape index (κ1) is 56.0. The van der Waals surface area contributed by atoms with Gasteiger partial charge in [-0.3, -0.25) is 50.0 Å². The van der Waals surface area contributed by atoms with E-state index in [-0.39, 0.29) is 71.5 Å². The van der Waals surface area contributed by atoms with E-state index in [1.165, 1.54) is 0 Å². The van der Waals surface area contributed by atoms with Crippen LogP contribution >= 0.6 is 0 Å². The molecule has 8 N–H and O–H groups in total. The molecule has 10 rings (SSSR count). The van der Waals surface area contributed by atoms with Crippen molar-refractivity contribution >= 4 is 61.2 Å². The van der Waals surface area contributed by atoms with E-state index in [2.05, 4.69) is 104 Å². The molecule has 2 fully saturated rings. The van der Waals surface area contributed by atoms with E-state index in [0.29, 0.717) is 24.7 Å². The number of carbonyl (C=O) groups excluding carboxylic acids is 2. The predicted molar refractivity (Wildman–Crippen MR) is 266 cm³/mol. The van der Waals surface area contributed by atoms with Gasteiger partial charge in [0.1, 0.15) is 22.7 Å². The molecule has 6 aromatic rings.